The van der Waals surface area contributed by atoms with Crippen LogP contribution >= 0.6 is 0 Å². The number of nitrogens with zero attached hydrogens (tertiary/aromatic N) is 7. The van der Waals surface area contributed by atoms with Crippen LogP contribution in [0.5, 0.6) is 23.1 Å². The second-order valence-corrected chi connectivity index (χ2v) is 9.28. The third kappa shape index (κ3) is 4.72. The topological polar surface area (TPSA) is 112 Å². The fraction of sp³-hybridized carbons (Fsp3) is 0.269. The third-order valence-electron chi connectivity index (χ3n) is 6.40. The number of nitrogens with one attached hydrogen (secondary N) is 1. The molecule has 200 valence electrons. The minimum atomic E-state index is -3.04. The lowest BCUT2D eigenvalue weighted by atomic mass is 10.2. The average Bonchev–Trinajstić information content (AvgIpc) is 3.47. The summed E-state index contributed by atoms with van der Waals surface area (Å²) in [5.41, 5.74) is 2.63. The van der Waals surface area contributed by atoms with Crippen LogP contribution in [-0.4, -0.2) is 73.7 Å². The SMILES string of the molecule is COc1ncc2ncnc(Nc3ccc(Oc4ccn5ncnc5c4)c(C)c3)c2c1O[C@@H]1CN(C)CC1(F)F. The number of benzene rings is 1. The first-order chi connectivity index (χ1) is 18.8. The van der Waals surface area contributed by atoms with Crippen LogP contribution in [0.3, 0.4) is 0 Å². The van der Waals surface area contributed by atoms with Gasteiger partial charge in [0.2, 0.25) is 0 Å². The molecule has 1 saturated heterocycles. The normalized spacial score (nSPS) is 17.0. The Morgan fingerprint density at radius 1 is 1.08 bits per heavy atom. The minimum Gasteiger partial charge on any atom is -0.478 e. The number of likely N-dealkylation sites (N-methyl/N-ethyl adjacent to an activating group) is 1. The predicted molar refractivity (Wildman–Crippen MR) is 138 cm³/mol. The smallest absolute Gasteiger partial charge is 0.297 e. The maximum atomic E-state index is 14.6. The second kappa shape index (κ2) is 9.58. The number of halogens is 2. The van der Waals surface area contributed by atoms with Crippen LogP contribution in [0.2, 0.25) is 0 Å². The summed E-state index contributed by atoms with van der Waals surface area (Å²) < 4.78 is 48.2. The highest BCUT2D eigenvalue weighted by atomic mass is 19.3. The lowest BCUT2D eigenvalue weighted by Gasteiger charge is -2.22. The molecule has 1 fully saturated rings. The highest BCUT2D eigenvalue weighted by Gasteiger charge is 2.49. The van der Waals surface area contributed by atoms with E-state index in [0.717, 1.165) is 5.56 Å². The predicted octanol–water partition coefficient (Wildman–Crippen LogP) is 4.25. The quantitative estimate of drug-likeness (QED) is 0.325. The Labute approximate surface area is 221 Å². The number of anilines is 2. The number of rotatable bonds is 7. The van der Waals surface area contributed by atoms with Crippen LogP contribution in [0.4, 0.5) is 20.3 Å². The van der Waals surface area contributed by atoms with Crippen LogP contribution in [0.15, 0.2) is 55.4 Å². The number of aryl methyl sites for hydroxylation is 1. The molecule has 0 spiro atoms. The Hall–Kier alpha value is -4.65. The molecular weight excluding hydrogens is 510 g/mol. The van der Waals surface area contributed by atoms with Crippen LogP contribution in [0.25, 0.3) is 16.6 Å². The van der Waals surface area contributed by atoms with E-state index in [2.05, 4.69) is 30.4 Å². The lowest BCUT2D eigenvalue weighted by Crippen LogP contribution is -2.36. The molecule has 0 aliphatic carbocycles. The van der Waals surface area contributed by atoms with Gasteiger partial charge in [-0.2, -0.15) is 5.10 Å². The highest BCUT2D eigenvalue weighted by Crippen LogP contribution is 2.41. The van der Waals surface area contributed by atoms with Crippen LogP contribution in [0.1, 0.15) is 5.56 Å². The molecule has 1 atom stereocenters. The van der Waals surface area contributed by atoms with Crippen molar-refractivity contribution in [2.45, 2.75) is 19.0 Å². The van der Waals surface area contributed by atoms with Gasteiger partial charge >= 0.3 is 0 Å². The zero-order chi connectivity index (χ0) is 27.1. The molecule has 39 heavy (non-hydrogen) atoms. The summed E-state index contributed by atoms with van der Waals surface area (Å²) in [6.45, 7) is 1.56. The summed E-state index contributed by atoms with van der Waals surface area (Å²) in [6.07, 6.45) is 4.71. The fourth-order valence-corrected chi connectivity index (χ4v) is 4.53. The molecule has 11 nitrogen and oxygen atoms in total. The molecule has 5 aromatic rings. The number of hydrogen-bond acceptors (Lipinski definition) is 10. The van der Waals surface area contributed by atoms with Crippen molar-refractivity contribution >= 4 is 28.1 Å². The molecule has 1 aliphatic heterocycles. The summed E-state index contributed by atoms with van der Waals surface area (Å²) >= 11 is 0. The Bertz CT molecular complexity index is 1680. The van der Waals surface area contributed by atoms with Gasteiger partial charge in [0.25, 0.3) is 11.8 Å². The van der Waals surface area contributed by atoms with Gasteiger partial charge in [-0.25, -0.2) is 33.2 Å². The van der Waals surface area contributed by atoms with E-state index in [1.807, 2.05) is 25.1 Å². The monoisotopic (exact) mass is 534 g/mol. The number of fused-ring (bicyclic) bond motifs is 2. The summed E-state index contributed by atoms with van der Waals surface area (Å²) in [4.78, 5) is 18.5. The van der Waals surface area contributed by atoms with Crippen LogP contribution in [-0.2, 0) is 0 Å². The van der Waals surface area contributed by atoms with E-state index in [1.54, 1.807) is 29.9 Å². The molecule has 0 bridgehead atoms. The molecule has 0 amide bonds. The highest BCUT2D eigenvalue weighted by molar-refractivity contribution is 5.96. The van der Waals surface area contributed by atoms with Gasteiger partial charge in [0.1, 0.15) is 30.0 Å². The number of likely N-dealkylation sites (tertiary alicyclic amines) is 1. The van der Waals surface area contributed by atoms with E-state index in [0.29, 0.717) is 39.6 Å². The lowest BCUT2D eigenvalue weighted by molar-refractivity contribution is -0.0617. The summed E-state index contributed by atoms with van der Waals surface area (Å²) in [5.74, 6) is -1.29. The number of methoxy groups -OCH3 is 1. The van der Waals surface area contributed by atoms with Crippen LogP contribution in [0, 0.1) is 6.92 Å². The van der Waals surface area contributed by atoms with Crippen molar-refractivity contribution in [2.24, 2.45) is 0 Å². The average molecular weight is 535 g/mol. The first kappa shape index (κ1) is 24.7. The largest absolute Gasteiger partial charge is 0.478 e. The van der Waals surface area contributed by atoms with Gasteiger partial charge in [0.05, 0.1) is 30.8 Å². The number of hydrogen-bond donors (Lipinski definition) is 1. The maximum absolute atomic E-state index is 14.6. The van der Waals surface area contributed by atoms with Gasteiger partial charge in [-0.15, -0.1) is 0 Å². The van der Waals surface area contributed by atoms with E-state index in [-0.39, 0.29) is 18.2 Å². The standard InChI is InChI=1S/C26H24F2N8O3/c1-15-8-16(4-5-19(15)38-17-6-7-36-21(9-17)31-14-33-36)34-24-22-18(30-13-32-24)10-29-25(37-3)23(22)39-20-11-35(2)12-26(20,27)28/h4-10,13-14,20H,11-12H2,1-3H3,(H,30,32,34)/t20-/m1/s1. The Kier molecular flexibility index (Phi) is 6.06. The molecule has 1 aliphatic rings. The Balaban J connectivity index is 1.31. The third-order valence-corrected chi connectivity index (χ3v) is 6.40. The van der Waals surface area contributed by atoms with Crippen molar-refractivity contribution in [1.82, 2.24) is 34.4 Å². The first-order valence-electron chi connectivity index (χ1n) is 12.1. The molecule has 4 aromatic heterocycles. The van der Waals surface area contributed by atoms with E-state index >= 15 is 0 Å². The molecule has 13 heteroatoms. The zero-order valence-corrected chi connectivity index (χ0v) is 21.3. The molecular formula is C26H24F2N8O3. The van der Waals surface area contributed by atoms with Gasteiger partial charge in [0, 0.05) is 24.5 Å². The van der Waals surface area contributed by atoms with Crippen molar-refractivity contribution in [3.63, 3.8) is 0 Å². The van der Waals surface area contributed by atoms with Gasteiger partial charge in [0.15, 0.2) is 17.5 Å². The molecule has 0 saturated carbocycles. The van der Waals surface area contributed by atoms with E-state index in [9.17, 15) is 8.78 Å². The van der Waals surface area contributed by atoms with Crippen LogP contribution < -0.4 is 19.5 Å². The summed E-state index contributed by atoms with van der Waals surface area (Å²) in [5, 5.41) is 7.72. The van der Waals surface area contributed by atoms with Gasteiger partial charge < -0.3 is 19.5 Å². The molecule has 5 heterocycles. The summed E-state index contributed by atoms with van der Waals surface area (Å²) in [6, 6.07) is 9.13. The van der Waals surface area contributed by atoms with Gasteiger partial charge in [-0.05, 0) is 43.8 Å². The van der Waals surface area contributed by atoms with E-state index < -0.39 is 18.6 Å². The van der Waals surface area contributed by atoms with Gasteiger partial charge in [-0.3, -0.25) is 4.90 Å². The van der Waals surface area contributed by atoms with Crippen molar-refractivity contribution in [1.29, 1.82) is 0 Å². The number of aromatic nitrogens is 6. The minimum absolute atomic E-state index is 0.0493. The zero-order valence-electron chi connectivity index (χ0n) is 21.3. The maximum Gasteiger partial charge on any atom is 0.297 e. The van der Waals surface area contributed by atoms with Crippen molar-refractivity contribution in [3.8, 4) is 23.1 Å². The molecule has 1 aromatic carbocycles. The second-order valence-electron chi connectivity index (χ2n) is 9.28. The van der Waals surface area contributed by atoms with E-state index in [4.69, 9.17) is 14.2 Å². The molecule has 0 radical (unpaired) electrons. The van der Waals surface area contributed by atoms with Gasteiger partial charge in [-0.1, -0.05) is 0 Å². The van der Waals surface area contributed by atoms with Crippen molar-refractivity contribution < 1.29 is 23.0 Å². The Morgan fingerprint density at radius 3 is 2.72 bits per heavy atom. The fourth-order valence-electron chi connectivity index (χ4n) is 4.53. The van der Waals surface area contributed by atoms with Crippen molar-refractivity contribution in [3.05, 3.63) is 60.9 Å². The summed E-state index contributed by atoms with van der Waals surface area (Å²) in [7, 11) is 3.02. The number of alkyl halides is 2. The molecule has 0 unspecified atom stereocenters. The van der Waals surface area contributed by atoms with Crippen molar-refractivity contribution in [2.75, 3.05) is 32.6 Å². The first-order valence-corrected chi connectivity index (χ1v) is 12.1. The number of pyridine rings is 2. The number of ether oxygens (including phenoxy) is 3. The Morgan fingerprint density at radius 2 is 1.95 bits per heavy atom. The van der Waals surface area contributed by atoms with E-state index in [1.165, 1.54) is 30.9 Å². The molecule has 1 N–H and O–H groups in total. The molecule has 6 rings (SSSR count).